The maximum atomic E-state index is 6.22. The Hall–Kier alpha value is -0.400. The Morgan fingerprint density at radius 2 is 0.808 bits per heavy atom. The van der Waals surface area contributed by atoms with Gasteiger partial charge in [0.1, 0.15) is 0 Å². The van der Waals surface area contributed by atoms with Crippen molar-refractivity contribution in [3.05, 3.63) is 67.6 Å². The molecule has 4 heteroatoms. The number of benzene rings is 2. The summed E-state index contributed by atoms with van der Waals surface area (Å²) in [6, 6.07) is 11.8. The second kappa shape index (κ2) is 12.1. The molecule has 0 aromatic heterocycles. The first kappa shape index (κ1) is 21.9. The van der Waals surface area contributed by atoms with E-state index in [1.807, 2.05) is 24.3 Å². The Balaban J connectivity index is 1.48. The molecular formula is C22H26Cl4. The van der Waals surface area contributed by atoms with Crippen LogP contribution in [-0.4, -0.2) is 0 Å². The number of rotatable bonds is 11. The van der Waals surface area contributed by atoms with Crippen LogP contribution in [0.25, 0.3) is 0 Å². The van der Waals surface area contributed by atoms with Gasteiger partial charge in [-0.25, -0.2) is 0 Å². The van der Waals surface area contributed by atoms with Crippen molar-refractivity contribution in [2.45, 2.75) is 64.2 Å². The van der Waals surface area contributed by atoms with E-state index < -0.39 is 0 Å². The molecule has 0 N–H and O–H groups in total. The zero-order valence-corrected chi connectivity index (χ0v) is 18.1. The zero-order chi connectivity index (χ0) is 18.8. The predicted molar refractivity (Wildman–Crippen MR) is 117 cm³/mol. The molecule has 0 fully saturated rings. The van der Waals surface area contributed by atoms with Gasteiger partial charge in [-0.1, -0.05) is 109 Å². The monoisotopic (exact) mass is 430 g/mol. The van der Waals surface area contributed by atoms with E-state index in [-0.39, 0.29) is 0 Å². The first-order chi connectivity index (χ1) is 12.6. The summed E-state index contributed by atoms with van der Waals surface area (Å²) in [5, 5.41) is 2.74. The fourth-order valence-corrected chi connectivity index (χ4v) is 4.00. The van der Waals surface area contributed by atoms with Gasteiger partial charge in [0.15, 0.2) is 0 Å². The van der Waals surface area contributed by atoms with E-state index in [0.717, 1.165) is 12.8 Å². The summed E-state index contributed by atoms with van der Waals surface area (Å²) in [5.41, 5.74) is 2.33. The largest absolute Gasteiger partial charge is 0.0827 e. The van der Waals surface area contributed by atoms with Crippen LogP contribution in [0.2, 0.25) is 20.1 Å². The molecule has 2 aromatic rings. The summed E-state index contributed by atoms with van der Waals surface area (Å²) in [6.07, 6.45) is 12.1. The molecular weight excluding hydrogens is 406 g/mol. The fourth-order valence-electron chi connectivity index (χ4n) is 3.17. The summed E-state index contributed by atoms with van der Waals surface area (Å²) in [6.45, 7) is 0. The molecule has 26 heavy (non-hydrogen) atoms. The van der Waals surface area contributed by atoms with E-state index in [0.29, 0.717) is 20.1 Å². The van der Waals surface area contributed by atoms with Gasteiger partial charge in [0.2, 0.25) is 0 Å². The van der Waals surface area contributed by atoms with Crippen molar-refractivity contribution in [2.75, 3.05) is 0 Å². The van der Waals surface area contributed by atoms with Crippen molar-refractivity contribution in [3.63, 3.8) is 0 Å². The topological polar surface area (TPSA) is 0 Å². The molecule has 0 aliphatic rings. The molecule has 0 spiro atoms. The van der Waals surface area contributed by atoms with Crippen molar-refractivity contribution < 1.29 is 0 Å². The third kappa shape index (κ3) is 7.31. The second-order valence-corrected chi connectivity index (χ2v) is 8.32. The number of hydrogen-bond donors (Lipinski definition) is 0. The highest BCUT2D eigenvalue weighted by Crippen LogP contribution is 2.28. The highest BCUT2D eigenvalue weighted by atomic mass is 35.5. The Labute approximate surface area is 177 Å². The smallest absolute Gasteiger partial charge is 0.0624 e. The van der Waals surface area contributed by atoms with Crippen LogP contribution in [0.15, 0.2) is 36.4 Å². The molecule has 2 rings (SSSR count). The molecule has 0 unspecified atom stereocenters. The average Bonchev–Trinajstić information content (AvgIpc) is 2.63. The van der Waals surface area contributed by atoms with Gasteiger partial charge in [0.25, 0.3) is 0 Å². The number of halogens is 4. The average molecular weight is 432 g/mol. The summed E-state index contributed by atoms with van der Waals surface area (Å²) in [5.74, 6) is 0. The molecule has 0 aliphatic heterocycles. The lowest BCUT2D eigenvalue weighted by molar-refractivity contribution is 0.567. The van der Waals surface area contributed by atoms with Crippen LogP contribution >= 0.6 is 46.4 Å². The molecule has 0 aliphatic carbocycles. The van der Waals surface area contributed by atoms with Gasteiger partial charge in [0, 0.05) is 0 Å². The second-order valence-electron chi connectivity index (χ2n) is 6.75. The third-order valence-electron chi connectivity index (χ3n) is 4.71. The minimum atomic E-state index is 0.656. The van der Waals surface area contributed by atoms with Crippen LogP contribution in [0.5, 0.6) is 0 Å². The van der Waals surface area contributed by atoms with Gasteiger partial charge in [-0.2, -0.15) is 0 Å². The zero-order valence-electron chi connectivity index (χ0n) is 15.0. The van der Waals surface area contributed by atoms with Crippen molar-refractivity contribution in [3.8, 4) is 0 Å². The van der Waals surface area contributed by atoms with Crippen LogP contribution in [0.3, 0.4) is 0 Å². The molecule has 0 atom stereocenters. The van der Waals surface area contributed by atoms with Crippen molar-refractivity contribution in [1.82, 2.24) is 0 Å². The van der Waals surface area contributed by atoms with Gasteiger partial charge in [0.05, 0.1) is 20.1 Å². The van der Waals surface area contributed by atoms with E-state index in [1.165, 1.54) is 62.5 Å². The van der Waals surface area contributed by atoms with Crippen LogP contribution in [-0.2, 0) is 12.8 Å². The molecule has 0 amide bonds. The van der Waals surface area contributed by atoms with E-state index >= 15 is 0 Å². The molecule has 0 saturated carbocycles. The SMILES string of the molecule is Clc1cccc(CCCCCCCCCCc2cccc(Cl)c2Cl)c1Cl. The van der Waals surface area contributed by atoms with E-state index in [4.69, 9.17) is 46.4 Å². The Bertz CT molecular complexity index is 622. The molecule has 0 nitrogen and oxygen atoms in total. The minimum absolute atomic E-state index is 0.656. The van der Waals surface area contributed by atoms with E-state index in [1.54, 1.807) is 0 Å². The van der Waals surface area contributed by atoms with Crippen LogP contribution in [0.1, 0.15) is 62.5 Å². The molecule has 0 bridgehead atoms. The maximum Gasteiger partial charge on any atom is 0.0624 e. The lowest BCUT2D eigenvalue weighted by atomic mass is 10.0. The van der Waals surface area contributed by atoms with Crippen LogP contribution in [0.4, 0.5) is 0 Å². The number of aryl methyl sites for hydroxylation is 2. The molecule has 0 saturated heterocycles. The van der Waals surface area contributed by atoms with Crippen molar-refractivity contribution in [2.24, 2.45) is 0 Å². The first-order valence-electron chi connectivity index (χ1n) is 9.45. The van der Waals surface area contributed by atoms with E-state index in [9.17, 15) is 0 Å². The number of unbranched alkanes of at least 4 members (excludes halogenated alkanes) is 7. The lowest BCUT2D eigenvalue weighted by Crippen LogP contribution is -1.89. The summed E-state index contributed by atoms with van der Waals surface area (Å²) in [4.78, 5) is 0. The van der Waals surface area contributed by atoms with Gasteiger partial charge in [-0.15, -0.1) is 0 Å². The Morgan fingerprint density at radius 3 is 1.19 bits per heavy atom. The van der Waals surface area contributed by atoms with Gasteiger partial charge >= 0.3 is 0 Å². The quantitative estimate of drug-likeness (QED) is 0.311. The van der Waals surface area contributed by atoms with Crippen molar-refractivity contribution >= 4 is 46.4 Å². The van der Waals surface area contributed by atoms with E-state index in [2.05, 4.69) is 12.1 Å². The standard InChI is InChI=1S/C22H26Cl4/c23-19-15-9-13-17(21(19)25)11-7-5-3-1-2-4-6-8-12-18-14-10-16-20(24)22(18)26/h9-10,13-16H,1-8,11-12H2. The normalized spacial score (nSPS) is 11.1. The predicted octanol–water partition coefficient (Wildman–Crippen LogP) is 9.21. The van der Waals surface area contributed by atoms with Gasteiger partial charge in [-0.3, -0.25) is 0 Å². The third-order valence-corrected chi connectivity index (χ3v) is 6.42. The summed E-state index contributed by atoms with van der Waals surface area (Å²) in [7, 11) is 0. The van der Waals surface area contributed by atoms with Crippen molar-refractivity contribution in [1.29, 1.82) is 0 Å². The highest BCUT2D eigenvalue weighted by molar-refractivity contribution is 6.42. The molecule has 0 heterocycles. The van der Waals surface area contributed by atoms with Crippen LogP contribution in [0, 0.1) is 0 Å². The fraction of sp³-hybridized carbons (Fsp3) is 0.455. The Morgan fingerprint density at radius 1 is 0.462 bits per heavy atom. The lowest BCUT2D eigenvalue weighted by Gasteiger charge is -2.07. The van der Waals surface area contributed by atoms with Crippen LogP contribution < -0.4 is 0 Å². The van der Waals surface area contributed by atoms with Gasteiger partial charge in [-0.05, 0) is 48.9 Å². The molecule has 2 aromatic carbocycles. The first-order valence-corrected chi connectivity index (χ1v) is 11.0. The Kier molecular flexibility index (Phi) is 10.2. The number of hydrogen-bond acceptors (Lipinski definition) is 0. The summed E-state index contributed by atoms with van der Waals surface area (Å²) < 4.78 is 0. The summed E-state index contributed by atoms with van der Waals surface area (Å²) >= 11 is 24.5. The minimum Gasteiger partial charge on any atom is -0.0827 e. The maximum absolute atomic E-state index is 6.22. The van der Waals surface area contributed by atoms with Gasteiger partial charge < -0.3 is 0 Å². The molecule has 0 radical (unpaired) electrons. The molecule has 142 valence electrons. The highest BCUT2D eigenvalue weighted by Gasteiger charge is 2.05.